The minimum Gasteiger partial charge on any atom is -0.408 e. The van der Waals surface area contributed by atoms with Crippen molar-refractivity contribution in [3.05, 3.63) is 51.1 Å². The van der Waals surface area contributed by atoms with E-state index in [-0.39, 0.29) is 17.7 Å². The maximum Gasteiger partial charge on any atom is 0.417 e. The first-order valence-electron chi connectivity index (χ1n) is 7.72. The van der Waals surface area contributed by atoms with Crippen molar-refractivity contribution in [2.45, 2.75) is 19.9 Å². The van der Waals surface area contributed by atoms with E-state index in [2.05, 4.69) is 15.6 Å². The Balaban J connectivity index is 1.75. The summed E-state index contributed by atoms with van der Waals surface area (Å²) in [5.41, 5.74) is 1.41. The summed E-state index contributed by atoms with van der Waals surface area (Å²) in [6.07, 6.45) is 0. The van der Waals surface area contributed by atoms with Gasteiger partial charge in [-0.25, -0.2) is 4.79 Å². The third-order valence-electron chi connectivity index (χ3n) is 3.67. The maximum atomic E-state index is 12.6. The molecular formula is C17H17N3O4S. The van der Waals surface area contributed by atoms with Crippen LogP contribution in [0.4, 0.5) is 5.69 Å². The van der Waals surface area contributed by atoms with Crippen LogP contribution in [0, 0.1) is 5.92 Å². The van der Waals surface area contributed by atoms with Gasteiger partial charge in [0.05, 0.1) is 10.4 Å². The van der Waals surface area contributed by atoms with Crippen molar-refractivity contribution in [1.29, 1.82) is 0 Å². The highest BCUT2D eigenvalue weighted by molar-refractivity contribution is 7.12. The van der Waals surface area contributed by atoms with E-state index in [0.717, 1.165) is 0 Å². The van der Waals surface area contributed by atoms with Crippen molar-refractivity contribution in [1.82, 2.24) is 10.3 Å². The van der Waals surface area contributed by atoms with Crippen LogP contribution in [-0.2, 0) is 4.79 Å². The average molecular weight is 359 g/mol. The molecule has 7 nitrogen and oxygen atoms in total. The van der Waals surface area contributed by atoms with Crippen molar-refractivity contribution >= 4 is 39.9 Å². The fraction of sp³-hybridized carbons (Fsp3) is 0.235. The van der Waals surface area contributed by atoms with Gasteiger partial charge in [0, 0.05) is 5.69 Å². The summed E-state index contributed by atoms with van der Waals surface area (Å²) < 4.78 is 4.93. The molecule has 0 radical (unpaired) electrons. The van der Waals surface area contributed by atoms with Gasteiger partial charge in [-0.1, -0.05) is 19.9 Å². The van der Waals surface area contributed by atoms with E-state index < -0.39 is 11.8 Å². The van der Waals surface area contributed by atoms with Crippen LogP contribution < -0.4 is 16.4 Å². The molecule has 2 amide bonds. The van der Waals surface area contributed by atoms with E-state index in [1.807, 2.05) is 13.8 Å². The molecule has 0 aliphatic heterocycles. The Morgan fingerprint density at radius 2 is 2.04 bits per heavy atom. The molecule has 130 valence electrons. The van der Waals surface area contributed by atoms with E-state index in [9.17, 15) is 14.4 Å². The fourth-order valence-electron chi connectivity index (χ4n) is 2.40. The third-order valence-corrected chi connectivity index (χ3v) is 4.54. The molecule has 2 aromatic heterocycles. The van der Waals surface area contributed by atoms with Crippen LogP contribution in [0.5, 0.6) is 0 Å². The first kappa shape index (κ1) is 17.0. The standard InChI is InChI=1S/C17H17N3O4S/c1-9(2)14(20-15(21)13-4-3-7-25-13)16(22)18-10-5-6-12-11(8-10)19-17(23)24-12/h3-9,14H,1-2H3,(H,18,22)(H,19,23)(H,20,21). The Labute approximate surface area is 147 Å². The van der Waals surface area contributed by atoms with Crippen LogP contribution in [0.3, 0.4) is 0 Å². The number of aromatic amines is 1. The first-order chi connectivity index (χ1) is 11.9. The van der Waals surface area contributed by atoms with Crippen molar-refractivity contribution in [2.75, 3.05) is 5.32 Å². The number of carbonyl (C=O) groups excluding carboxylic acids is 2. The molecule has 25 heavy (non-hydrogen) atoms. The Hall–Kier alpha value is -2.87. The molecule has 0 aliphatic carbocycles. The van der Waals surface area contributed by atoms with Gasteiger partial charge in [0.25, 0.3) is 5.91 Å². The molecule has 0 saturated heterocycles. The maximum absolute atomic E-state index is 12.6. The van der Waals surface area contributed by atoms with E-state index in [4.69, 9.17) is 4.42 Å². The highest BCUT2D eigenvalue weighted by Crippen LogP contribution is 2.17. The summed E-state index contributed by atoms with van der Waals surface area (Å²) in [4.78, 5) is 39.1. The number of carbonyl (C=O) groups is 2. The largest absolute Gasteiger partial charge is 0.417 e. The second-order valence-electron chi connectivity index (χ2n) is 5.89. The molecule has 3 aromatic rings. The number of thiophene rings is 1. The molecule has 1 aromatic carbocycles. The van der Waals surface area contributed by atoms with Gasteiger partial charge < -0.3 is 15.1 Å². The van der Waals surface area contributed by atoms with E-state index in [1.54, 1.807) is 35.7 Å². The molecule has 3 rings (SSSR count). The van der Waals surface area contributed by atoms with Crippen LogP contribution in [0.15, 0.2) is 44.9 Å². The van der Waals surface area contributed by atoms with E-state index >= 15 is 0 Å². The van der Waals surface area contributed by atoms with Gasteiger partial charge in [-0.05, 0) is 35.6 Å². The number of nitrogens with one attached hydrogen (secondary N) is 3. The molecule has 0 bridgehead atoms. The summed E-state index contributed by atoms with van der Waals surface area (Å²) in [5.74, 6) is -1.26. The molecule has 3 N–H and O–H groups in total. The number of hydrogen-bond acceptors (Lipinski definition) is 5. The zero-order valence-electron chi connectivity index (χ0n) is 13.7. The number of fused-ring (bicyclic) bond motifs is 1. The Kier molecular flexibility index (Phi) is 4.71. The zero-order valence-corrected chi connectivity index (χ0v) is 14.5. The molecule has 0 spiro atoms. The number of rotatable bonds is 5. The van der Waals surface area contributed by atoms with Crippen molar-refractivity contribution < 1.29 is 14.0 Å². The lowest BCUT2D eigenvalue weighted by Gasteiger charge is -2.21. The number of aromatic nitrogens is 1. The SMILES string of the molecule is CC(C)C(NC(=O)c1cccs1)C(=O)Nc1ccc2oc(=O)[nH]c2c1. The quantitative estimate of drug-likeness (QED) is 0.651. The van der Waals surface area contributed by atoms with Gasteiger partial charge >= 0.3 is 5.76 Å². The molecular weight excluding hydrogens is 342 g/mol. The minimum absolute atomic E-state index is 0.0959. The van der Waals surface area contributed by atoms with Gasteiger partial charge in [-0.3, -0.25) is 14.6 Å². The van der Waals surface area contributed by atoms with E-state index in [1.165, 1.54) is 11.3 Å². The van der Waals surface area contributed by atoms with Gasteiger partial charge in [-0.2, -0.15) is 0 Å². The molecule has 0 saturated carbocycles. The lowest BCUT2D eigenvalue weighted by atomic mass is 10.0. The number of anilines is 1. The van der Waals surface area contributed by atoms with Crippen LogP contribution in [-0.4, -0.2) is 22.8 Å². The first-order valence-corrected chi connectivity index (χ1v) is 8.60. The van der Waals surface area contributed by atoms with E-state index in [0.29, 0.717) is 21.7 Å². The van der Waals surface area contributed by atoms with Crippen LogP contribution in [0.2, 0.25) is 0 Å². The molecule has 8 heteroatoms. The number of hydrogen-bond donors (Lipinski definition) is 3. The normalized spacial score (nSPS) is 12.3. The number of oxazole rings is 1. The summed E-state index contributed by atoms with van der Waals surface area (Å²) >= 11 is 1.32. The second-order valence-corrected chi connectivity index (χ2v) is 6.83. The highest BCUT2D eigenvalue weighted by atomic mass is 32.1. The smallest absolute Gasteiger partial charge is 0.408 e. The summed E-state index contributed by atoms with van der Waals surface area (Å²) in [7, 11) is 0. The third kappa shape index (κ3) is 3.80. The summed E-state index contributed by atoms with van der Waals surface area (Å²) in [6, 6.07) is 7.64. The molecule has 0 aliphatic rings. The predicted molar refractivity (Wildman–Crippen MR) is 95.9 cm³/mol. The lowest BCUT2D eigenvalue weighted by molar-refractivity contribution is -0.118. The fourth-order valence-corrected chi connectivity index (χ4v) is 3.03. The van der Waals surface area contributed by atoms with Crippen molar-refractivity contribution in [2.24, 2.45) is 5.92 Å². The van der Waals surface area contributed by atoms with Gasteiger partial charge in [0.1, 0.15) is 6.04 Å². The van der Waals surface area contributed by atoms with Gasteiger partial charge in [0.15, 0.2) is 5.58 Å². The van der Waals surface area contributed by atoms with Crippen molar-refractivity contribution in [3.63, 3.8) is 0 Å². The number of H-pyrrole nitrogens is 1. The number of benzene rings is 1. The topological polar surface area (TPSA) is 104 Å². The monoisotopic (exact) mass is 359 g/mol. The van der Waals surface area contributed by atoms with Crippen LogP contribution in [0.1, 0.15) is 23.5 Å². The molecule has 1 unspecified atom stereocenters. The minimum atomic E-state index is -0.686. The highest BCUT2D eigenvalue weighted by Gasteiger charge is 2.25. The average Bonchev–Trinajstić information content (AvgIpc) is 3.20. The lowest BCUT2D eigenvalue weighted by Crippen LogP contribution is -2.46. The summed E-state index contributed by atoms with van der Waals surface area (Å²) in [5, 5.41) is 7.33. The summed E-state index contributed by atoms with van der Waals surface area (Å²) in [6.45, 7) is 3.71. The zero-order chi connectivity index (χ0) is 18.0. The molecule has 1 atom stereocenters. The van der Waals surface area contributed by atoms with Gasteiger partial charge in [-0.15, -0.1) is 11.3 Å². The van der Waals surface area contributed by atoms with Crippen molar-refractivity contribution in [3.8, 4) is 0 Å². The van der Waals surface area contributed by atoms with Crippen LogP contribution in [0.25, 0.3) is 11.1 Å². The Bertz CT molecular complexity index is 956. The number of amides is 2. The van der Waals surface area contributed by atoms with Crippen LogP contribution >= 0.6 is 11.3 Å². The Morgan fingerprint density at radius 1 is 1.24 bits per heavy atom. The second kappa shape index (κ2) is 6.94. The molecule has 2 heterocycles. The molecule has 0 fully saturated rings. The Morgan fingerprint density at radius 3 is 2.72 bits per heavy atom. The van der Waals surface area contributed by atoms with Gasteiger partial charge in [0.2, 0.25) is 5.91 Å². The predicted octanol–water partition coefficient (Wildman–Crippen LogP) is 2.58.